The Morgan fingerprint density at radius 1 is 0.510 bits per heavy atom. The minimum absolute atomic E-state index is 0.0646. The number of hydrogen-bond donors (Lipinski definition) is 0. The van der Waals surface area contributed by atoms with Crippen molar-refractivity contribution in [1.29, 1.82) is 0 Å². The Morgan fingerprint density at radius 2 is 0.804 bits per heavy atom. The number of ketones is 2. The number of Topliss-reactive ketones (excluding diaryl/α,β-unsaturated/α-hetero) is 2. The molecule has 2 aliphatic carbocycles. The van der Waals surface area contributed by atoms with Crippen molar-refractivity contribution < 1.29 is 14.3 Å². The number of rotatable bonds is 6. The Balaban J connectivity index is 1.49. The molecule has 0 unspecified atom stereocenters. The summed E-state index contributed by atoms with van der Waals surface area (Å²) in [4.78, 5) is 26.4. The number of benzene rings is 2. The molecule has 268 valence electrons. The first-order chi connectivity index (χ1) is 23.4. The van der Waals surface area contributed by atoms with Crippen molar-refractivity contribution in [3.63, 3.8) is 0 Å². The van der Waals surface area contributed by atoms with E-state index in [-0.39, 0.29) is 33.2 Å². The van der Waals surface area contributed by atoms with E-state index in [0.717, 1.165) is 33.4 Å². The predicted molar refractivity (Wildman–Crippen MR) is 208 cm³/mol. The van der Waals surface area contributed by atoms with Crippen molar-refractivity contribution >= 4 is 46.1 Å². The van der Waals surface area contributed by atoms with Crippen LogP contribution in [0.5, 0.6) is 11.5 Å². The molecule has 0 heterocycles. The molecule has 4 rings (SSSR count). The summed E-state index contributed by atoms with van der Waals surface area (Å²) in [6.45, 7) is 24.3. The molecule has 0 bridgehead atoms. The average Bonchev–Trinajstić information content (AvgIpc) is 2.98. The van der Waals surface area contributed by atoms with Crippen LogP contribution in [0.2, 0.25) is 10.0 Å². The van der Waals surface area contributed by atoms with E-state index in [2.05, 4.69) is 20.5 Å². The predicted octanol–water partition coefficient (Wildman–Crippen LogP) is 13.8. The quantitative estimate of drug-likeness (QED) is 0.277. The first-order valence-electron chi connectivity index (χ1n) is 16.9. The Hall–Kier alpha value is -4.20. The molecular formula is C42H48Cl2N4O3. The minimum Gasteiger partial charge on any atom is -0.457 e. The van der Waals surface area contributed by atoms with Crippen molar-refractivity contribution in [2.24, 2.45) is 42.1 Å². The van der Waals surface area contributed by atoms with Gasteiger partial charge in [-0.15, -0.1) is 10.2 Å². The first-order valence-corrected chi connectivity index (χ1v) is 17.7. The highest BCUT2D eigenvalue weighted by atomic mass is 35.5. The van der Waals surface area contributed by atoms with Crippen LogP contribution in [0, 0.1) is 21.7 Å². The summed E-state index contributed by atoms with van der Waals surface area (Å²) in [6, 6.07) is 10.2. The second kappa shape index (κ2) is 14.8. The SMILES string of the molecule is CC(C)(C)C1=CC(=CN=Nc2ccc(Oc3ccc(N=NC=C4C=C(C(C)(C)C)C(=O)C(C(C)(C)C)=C4)c(Cl)c3)cc2Cl)C=C(C(C)(C)C)C1=O. The molecule has 51 heavy (non-hydrogen) atoms. The fraction of sp³-hybridized carbons (Fsp3) is 0.381. The van der Waals surface area contributed by atoms with Crippen molar-refractivity contribution in [2.45, 2.75) is 83.1 Å². The topological polar surface area (TPSA) is 92.8 Å². The van der Waals surface area contributed by atoms with Crippen molar-refractivity contribution in [3.8, 4) is 11.5 Å². The van der Waals surface area contributed by atoms with Crippen LogP contribution in [0.15, 0.2) is 127 Å². The molecule has 9 heteroatoms. The summed E-state index contributed by atoms with van der Waals surface area (Å²) in [5, 5.41) is 17.9. The van der Waals surface area contributed by atoms with Crippen LogP contribution in [0.25, 0.3) is 0 Å². The summed E-state index contributed by atoms with van der Waals surface area (Å²) in [6.07, 6.45) is 10.8. The molecule has 2 aliphatic rings. The van der Waals surface area contributed by atoms with Crippen LogP contribution in [0.3, 0.4) is 0 Å². The summed E-state index contributed by atoms with van der Waals surface area (Å²) in [5.41, 5.74) is 4.21. The van der Waals surface area contributed by atoms with Gasteiger partial charge in [0, 0.05) is 34.4 Å². The number of hydrogen-bond acceptors (Lipinski definition) is 7. The van der Waals surface area contributed by atoms with Gasteiger partial charge in [-0.05, 0) is 81.4 Å². The van der Waals surface area contributed by atoms with Crippen LogP contribution in [-0.4, -0.2) is 11.6 Å². The van der Waals surface area contributed by atoms with Crippen LogP contribution >= 0.6 is 23.2 Å². The van der Waals surface area contributed by atoms with Gasteiger partial charge in [-0.1, -0.05) is 106 Å². The van der Waals surface area contributed by atoms with Gasteiger partial charge < -0.3 is 4.74 Å². The molecule has 0 amide bonds. The molecule has 0 fully saturated rings. The fourth-order valence-corrected chi connectivity index (χ4v) is 5.81. The van der Waals surface area contributed by atoms with E-state index in [9.17, 15) is 9.59 Å². The van der Waals surface area contributed by atoms with E-state index in [1.807, 2.05) is 107 Å². The van der Waals surface area contributed by atoms with Gasteiger partial charge in [0.2, 0.25) is 0 Å². The highest BCUT2D eigenvalue weighted by Gasteiger charge is 2.35. The maximum atomic E-state index is 13.2. The van der Waals surface area contributed by atoms with Crippen LogP contribution in [0.4, 0.5) is 11.4 Å². The normalized spacial score (nSPS) is 16.4. The highest BCUT2D eigenvalue weighted by Crippen LogP contribution is 2.41. The molecule has 0 aromatic heterocycles. The lowest BCUT2D eigenvalue weighted by Gasteiger charge is -2.31. The summed E-state index contributed by atoms with van der Waals surface area (Å²) < 4.78 is 6.01. The summed E-state index contributed by atoms with van der Waals surface area (Å²) in [7, 11) is 0. The lowest BCUT2D eigenvalue weighted by molar-refractivity contribution is -0.114. The zero-order valence-corrected chi connectivity index (χ0v) is 33.2. The third-order valence-corrected chi connectivity index (χ3v) is 8.88. The molecular weight excluding hydrogens is 679 g/mol. The van der Waals surface area contributed by atoms with Gasteiger partial charge in [0.25, 0.3) is 0 Å². The largest absolute Gasteiger partial charge is 0.457 e. The molecule has 0 radical (unpaired) electrons. The zero-order chi connectivity index (χ0) is 38.1. The maximum Gasteiger partial charge on any atom is 0.186 e. The molecule has 0 saturated carbocycles. The van der Waals surface area contributed by atoms with Gasteiger partial charge in [0.1, 0.15) is 22.9 Å². The van der Waals surface area contributed by atoms with Crippen molar-refractivity contribution in [2.75, 3.05) is 0 Å². The molecule has 0 aliphatic heterocycles. The number of azo groups is 2. The lowest BCUT2D eigenvalue weighted by Crippen LogP contribution is -2.27. The second-order valence-corrected chi connectivity index (χ2v) is 17.7. The number of carbonyl (C=O) groups excluding carboxylic acids is 2. The smallest absolute Gasteiger partial charge is 0.186 e. The maximum absolute atomic E-state index is 13.2. The minimum atomic E-state index is -0.315. The van der Waals surface area contributed by atoms with Crippen LogP contribution in [0.1, 0.15) is 83.1 Å². The Morgan fingerprint density at radius 3 is 1.06 bits per heavy atom. The standard InChI is InChI=1S/C42H48Cl2N4O3/c1-39(2,3)29-17-25(18-30(37(29)49)40(4,5)6)23-45-47-35-15-13-27(21-33(35)43)51-28-14-16-36(34(44)22-28)48-46-24-26-19-31(41(7,8)9)38(50)32(20-26)42(10,11)12/h13-24H,1-12H3. The van der Waals surface area contributed by atoms with Crippen molar-refractivity contribution in [1.82, 2.24) is 0 Å². The molecule has 2 aromatic carbocycles. The molecule has 0 N–H and O–H groups in total. The average molecular weight is 728 g/mol. The van der Waals surface area contributed by atoms with E-state index < -0.39 is 0 Å². The van der Waals surface area contributed by atoms with Crippen LogP contribution < -0.4 is 4.74 Å². The number of allylic oxidation sites excluding steroid dienone is 10. The van der Waals surface area contributed by atoms with E-state index in [1.54, 1.807) is 48.8 Å². The third kappa shape index (κ3) is 9.99. The van der Waals surface area contributed by atoms with Gasteiger partial charge in [-0.3, -0.25) is 9.59 Å². The summed E-state index contributed by atoms with van der Waals surface area (Å²) >= 11 is 13.1. The Kier molecular flexibility index (Phi) is 11.5. The van der Waals surface area contributed by atoms with E-state index in [4.69, 9.17) is 27.9 Å². The molecule has 2 aromatic rings. The second-order valence-electron chi connectivity index (χ2n) is 16.9. The number of carbonyl (C=O) groups is 2. The lowest BCUT2D eigenvalue weighted by atomic mass is 9.72. The fourth-order valence-electron chi connectivity index (χ4n) is 5.40. The van der Waals surface area contributed by atoms with Gasteiger partial charge in [-0.2, -0.15) is 10.2 Å². The third-order valence-electron chi connectivity index (χ3n) is 8.27. The molecule has 0 atom stereocenters. The Bertz CT molecular complexity index is 1780. The molecule has 0 spiro atoms. The van der Waals surface area contributed by atoms with Gasteiger partial charge >= 0.3 is 0 Å². The van der Waals surface area contributed by atoms with E-state index in [0.29, 0.717) is 32.9 Å². The zero-order valence-electron chi connectivity index (χ0n) is 31.7. The van der Waals surface area contributed by atoms with Gasteiger partial charge in [-0.25, -0.2) is 0 Å². The van der Waals surface area contributed by atoms with E-state index >= 15 is 0 Å². The van der Waals surface area contributed by atoms with Gasteiger partial charge in [0.05, 0.1) is 22.4 Å². The van der Waals surface area contributed by atoms with Crippen molar-refractivity contribution in [3.05, 3.63) is 117 Å². The first kappa shape index (κ1) is 39.6. The summed E-state index contributed by atoms with van der Waals surface area (Å²) in [5.74, 6) is 1.11. The Labute approximate surface area is 312 Å². The molecule has 7 nitrogen and oxygen atoms in total. The number of ether oxygens (including phenoxy) is 1. The van der Waals surface area contributed by atoms with E-state index in [1.165, 1.54) is 0 Å². The van der Waals surface area contributed by atoms with Gasteiger partial charge in [0.15, 0.2) is 11.6 Å². The van der Waals surface area contributed by atoms with Crippen LogP contribution in [-0.2, 0) is 9.59 Å². The monoisotopic (exact) mass is 726 g/mol. The number of halogens is 2. The molecule has 0 saturated heterocycles. The number of nitrogens with zero attached hydrogens (tertiary/aromatic N) is 4. The highest BCUT2D eigenvalue weighted by molar-refractivity contribution is 6.33.